The van der Waals surface area contributed by atoms with Crippen molar-refractivity contribution in [3.63, 3.8) is 0 Å². The second-order valence-electron chi connectivity index (χ2n) is 9.49. The summed E-state index contributed by atoms with van der Waals surface area (Å²) in [5, 5.41) is -0.0370. The molecular formula is C21H33NO5SSi. The van der Waals surface area contributed by atoms with E-state index in [1.165, 1.54) is 11.8 Å². The highest BCUT2D eigenvalue weighted by atomic mass is 32.2. The number of carbonyl (C=O) groups is 2. The van der Waals surface area contributed by atoms with Crippen molar-refractivity contribution in [3.05, 3.63) is 23.3 Å². The van der Waals surface area contributed by atoms with Gasteiger partial charge >= 0.3 is 5.97 Å². The minimum absolute atomic E-state index is 0.0436. The molecule has 0 saturated carbocycles. The summed E-state index contributed by atoms with van der Waals surface area (Å²) >= 11 is 1.44. The SMILES string of the molecule is C=CCOC(=O)C1=C([C@@H]2CCOC2)N2C(=O)[C@H]([C@@H](C)O[Si](C)(C)C(C)(C)C)[C@H]2S1. The second-order valence-corrected chi connectivity index (χ2v) is 15.4. The van der Waals surface area contributed by atoms with Crippen LogP contribution in [0.1, 0.15) is 34.1 Å². The van der Waals surface area contributed by atoms with Crippen molar-refractivity contribution in [2.24, 2.45) is 11.8 Å². The van der Waals surface area contributed by atoms with Crippen molar-refractivity contribution in [1.82, 2.24) is 4.90 Å². The van der Waals surface area contributed by atoms with E-state index in [4.69, 9.17) is 13.9 Å². The molecule has 3 heterocycles. The molecule has 1 amide bonds. The molecule has 0 bridgehead atoms. The Morgan fingerprint density at radius 3 is 2.69 bits per heavy atom. The number of β-lactam (4-membered cyclic amide) rings is 1. The number of carbonyl (C=O) groups excluding carboxylic acids is 2. The lowest BCUT2D eigenvalue weighted by Crippen LogP contribution is -2.62. The maximum absolute atomic E-state index is 13.2. The van der Waals surface area contributed by atoms with Crippen molar-refractivity contribution in [2.45, 2.75) is 63.7 Å². The Kier molecular flexibility index (Phi) is 6.39. The van der Waals surface area contributed by atoms with Crippen LogP contribution in [0.5, 0.6) is 0 Å². The lowest BCUT2D eigenvalue weighted by Gasteiger charge is -2.49. The molecule has 0 spiro atoms. The molecule has 0 aromatic heterocycles. The first-order valence-electron chi connectivity index (χ1n) is 10.3. The van der Waals surface area contributed by atoms with Crippen LogP contribution in [0, 0.1) is 11.8 Å². The highest BCUT2D eigenvalue weighted by Crippen LogP contribution is 2.54. The van der Waals surface area contributed by atoms with Gasteiger partial charge in [0.1, 0.15) is 16.9 Å². The molecule has 0 aromatic rings. The summed E-state index contributed by atoms with van der Waals surface area (Å²) in [5.41, 5.74) is 0.785. The number of thioether (sulfide) groups is 1. The molecule has 29 heavy (non-hydrogen) atoms. The molecule has 2 saturated heterocycles. The summed E-state index contributed by atoms with van der Waals surface area (Å²) in [6.45, 7) is 17.9. The minimum Gasteiger partial charge on any atom is -0.457 e. The number of esters is 1. The Morgan fingerprint density at radius 1 is 1.45 bits per heavy atom. The largest absolute Gasteiger partial charge is 0.457 e. The van der Waals surface area contributed by atoms with Gasteiger partial charge < -0.3 is 18.8 Å². The number of nitrogens with zero attached hydrogens (tertiary/aromatic N) is 1. The molecule has 8 heteroatoms. The van der Waals surface area contributed by atoms with E-state index >= 15 is 0 Å². The molecule has 2 fully saturated rings. The van der Waals surface area contributed by atoms with E-state index in [0.717, 1.165) is 12.1 Å². The maximum Gasteiger partial charge on any atom is 0.346 e. The van der Waals surface area contributed by atoms with Crippen molar-refractivity contribution < 1.29 is 23.5 Å². The monoisotopic (exact) mass is 439 g/mol. The van der Waals surface area contributed by atoms with Gasteiger partial charge in [-0.3, -0.25) is 4.79 Å². The summed E-state index contributed by atoms with van der Waals surface area (Å²) in [7, 11) is -2.00. The summed E-state index contributed by atoms with van der Waals surface area (Å²) in [6, 6.07) is 0. The molecule has 6 nitrogen and oxygen atoms in total. The average Bonchev–Trinajstić information content (AvgIpc) is 3.23. The molecule has 0 aliphatic carbocycles. The second kappa shape index (κ2) is 8.21. The molecule has 0 N–H and O–H groups in total. The molecule has 3 aliphatic rings. The predicted octanol–water partition coefficient (Wildman–Crippen LogP) is 3.91. The van der Waals surface area contributed by atoms with E-state index in [2.05, 4.69) is 40.4 Å². The van der Waals surface area contributed by atoms with Gasteiger partial charge in [0, 0.05) is 18.2 Å². The lowest BCUT2D eigenvalue weighted by molar-refractivity contribution is -0.152. The highest BCUT2D eigenvalue weighted by molar-refractivity contribution is 8.04. The molecular weight excluding hydrogens is 406 g/mol. The Hall–Kier alpha value is -1.09. The first-order valence-corrected chi connectivity index (χ1v) is 14.1. The smallest absolute Gasteiger partial charge is 0.346 e. The Balaban J connectivity index is 1.80. The third-order valence-corrected chi connectivity index (χ3v) is 12.4. The summed E-state index contributed by atoms with van der Waals surface area (Å²) < 4.78 is 17.3. The summed E-state index contributed by atoms with van der Waals surface area (Å²) in [6.07, 6.45) is 2.17. The van der Waals surface area contributed by atoms with Gasteiger partial charge in [-0.1, -0.05) is 45.2 Å². The highest BCUT2D eigenvalue weighted by Gasteiger charge is 2.59. The standard InChI is InChI=1S/C21H33NO5SSi/c1-8-10-26-20(24)17-16(14-9-11-25-12-14)22-18(23)15(19(22)28-17)13(2)27-29(6,7)21(3,4)5/h8,13-15,19H,1,9-12H2,2-7H3/t13-,14-,15+,19-/m1/s1. The van der Waals surface area contributed by atoms with Crippen LogP contribution in [0.3, 0.4) is 0 Å². The Bertz CT molecular complexity index is 723. The minimum atomic E-state index is -2.00. The fraction of sp³-hybridized carbons (Fsp3) is 0.714. The fourth-order valence-corrected chi connectivity index (χ4v) is 6.81. The normalized spacial score (nSPS) is 28.3. The van der Waals surface area contributed by atoms with Crippen LogP contribution in [-0.4, -0.2) is 56.4 Å². The van der Waals surface area contributed by atoms with Crippen LogP contribution in [0.4, 0.5) is 0 Å². The number of hydrogen-bond acceptors (Lipinski definition) is 6. The number of amides is 1. The van der Waals surface area contributed by atoms with Crippen molar-refractivity contribution in [1.29, 1.82) is 0 Å². The zero-order valence-corrected chi connectivity index (χ0v) is 20.1. The fourth-order valence-electron chi connectivity index (χ4n) is 3.79. The zero-order chi connectivity index (χ0) is 21.6. The van der Waals surface area contributed by atoms with Gasteiger partial charge in [0.15, 0.2) is 8.32 Å². The molecule has 4 atom stereocenters. The van der Waals surface area contributed by atoms with Crippen molar-refractivity contribution >= 4 is 32.0 Å². The molecule has 0 unspecified atom stereocenters. The van der Waals surface area contributed by atoms with E-state index in [1.54, 1.807) is 11.0 Å². The Morgan fingerprint density at radius 2 is 2.14 bits per heavy atom. The van der Waals surface area contributed by atoms with Crippen LogP contribution < -0.4 is 0 Å². The number of fused-ring (bicyclic) bond motifs is 1. The van der Waals surface area contributed by atoms with Gasteiger partial charge in [-0.25, -0.2) is 4.79 Å². The van der Waals surface area contributed by atoms with Gasteiger partial charge in [-0.15, -0.1) is 0 Å². The quantitative estimate of drug-likeness (QED) is 0.259. The maximum atomic E-state index is 13.2. The van der Waals surface area contributed by atoms with E-state index in [0.29, 0.717) is 18.1 Å². The van der Waals surface area contributed by atoms with Crippen LogP contribution in [0.25, 0.3) is 0 Å². The first-order chi connectivity index (χ1) is 13.5. The number of rotatable bonds is 7. The average molecular weight is 440 g/mol. The van der Waals surface area contributed by atoms with Crippen molar-refractivity contribution in [3.8, 4) is 0 Å². The predicted molar refractivity (Wildman–Crippen MR) is 117 cm³/mol. The summed E-state index contributed by atoms with van der Waals surface area (Å²) in [5.74, 6) is -0.533. The van der Waals surface area contributed by atoms with Gasteiger partial charge in [-0.2, -0.15) is 0 Å². The van der Waals surface area contributed by atoms with Crippen LogP contribution in [-0.2, 0) is 23.5 Å². The third kappa shape index (κ3) is 4.09. The van der Waals surface area contributed by atoms with Gasteiger partial charge in [-0.05, 0) is 31.5 Å². The zero-order valence-electron chi connectivity index (χ0n) is 18.3. The van der Waals surface area contributed by atoms with E-state index in [-0.39, 0.29) is 46.8 Å². The number of ether oxygens (including phenoxy) is 2. The first kappa shape index (κ1) is 22.6. The van der Waals surface area contributed by atoms with E-state index in [9.17, 15) is 9.59 Å². The molecule has 3 aliphatic heterocycles. The molecule has 162 valence electrons. The molecule has 0 radical (unpaired) electrons. The Labute approximate surface area is 179 Å². The van der Waals surface area contributed by atoms with Crippen LogP contribution >= 0.6 is 11.8 Å². The van der Waals surface area contributed by atoms with Crippen molar-refractivity contribution in [2.75, 3.05) is 19.8 Å². The van der Waals surface area contributed by atoms with Gasteiger partial charge in [0.2, 0.25) is 5.91 Å². The number of hydrogen-bond donors (Lipinski definition) is 0. The van der Waals surface area contributed by atoms with E-state index < -0.39 is 8.32 Å². The van der Waals surface area contributed by atoms with Gasteiger partial charge in [0.05, 0.1) is 18.6 Å². The van der Waals surface area contributed by atoms with Crippen LogP contribution in [0.2, 0.25) is 18.1 Å². The molecule has 3 rings (SSSR count). The van der Waals surface area contributed by atoms with E-state index in [1.807, 2.05) is 6.92 Å². The van der Waals surface area contributed by atoms with Gasteiger partial charge in [0.25, 0.3) is 0 Å². The topological polar surface area (TPSA) is 65.1 Å². The van der Waals surface area contributed by atoms with Crippen LogP contribution in [0.15, 0.2) is 23.3 Å². The lowest BCUT2D eigenvalue weighted by atomic mass is 9.89. The molecule has 0 aromatic carbocycles. The third-order valence-electron chi connectivity index (χ3n) is 6.44. The summed E-state index contributed by atoms with van der Waals surface area (Å²) in [4.78, 5) is 28.2.